The summed E-state index contributed by atoms with van der Waals surface area (Å²) in [4.78, 5) is 0. The molecule has 13 heavy (non-hydrogen) atoms. The average Bonchev–Trinajstić information content (AvgIpc) is 2.04. The molecular formula is C8H20N2O3. The first-order valence-electron chi connectivity index (χ1n) is 4.26. The van der Waals surface area contributed by atoms with Gasteiger partial charge in [0.15, 0.2) is 0 Å². The fraction of sp³-hybridized carbons (Fsp3) is 1.00. The molecule has 5 nitrogen and oxygen atoms in total. The molecule has 0 heterocycles. The van der Waals surface area contributed by atoms with Crippen LogP contribution in [0.2, 0.25) is 0 Å². The van der Waals surface area contributed by atoms with Crippen molar-refractivity contribution in [1.82, 2.24) is 0 Å². The van der Waals surface area contributed by atoms with Crippen LogP contribution in [0.3, 0.4) is 0 Å². The summed E-state index contributed by atoms with van der Waals surface area (Å²) in [6.45, 7) is 3.59. The Kier molecular flexibility index (Phi) is 4.80. The topological polar surface area (TPSA) is 102 Å². The first-order valence-corrected chi connectivity index (χ1v) is 4.26. The Morgan fingerprint density at radius 1 is 1.00 bits per heavy atom. The molecule has 0 bridgehead atoms. The van der Waals surface area contributed by atoms with Gasteiger partial charge in [-0.2, -0.15) is 0 Å². The van der Waals surface area contributed by atoms with Crippen LogP contribution in [0.4, 0.5) is 0 Å². The maximum atomic E-state index is 9.43. The summed E-state index contributed by atoms with van der Waals surface area (Å²) in [5.74, 6) is 0. The largest absolute Gasteiger partial charge is 0.386 e. The maximum Gasteiger partial charge on any atom is 0.0973 e. The molecule has 0 aliphatic carbocycles. The van der Waals surface area contributed by atoms with Crippen molar-refractivity contribution in [2.75, 3.05) is 26.3 Å². The smallest absolute Gasteiger partial charge is 0.0973 e. The van der Waals surface area contributed by atoms with Crippen LogP contribution in [-0.2, 0) is 4.74 Å². The van der Waals surface area contributed by atoms with Gasteiger partial charge in [0.2, 0.25) is 0 Å². The van der Waals surface area contributed by atoms with E-state index in [1.54, 1.807) is 13.8 Å². The molecule has 0 amide bonds. The number of rotatable bonds is 6. The molecular weight excluding hydrogens is 172 g/mol. The first-order chi connectivity index (χ1) is 5.83. The van der Waals surface area contributed by atoms with Gasteiger partial charge in [-0.3, -0.25) is 0 Å². The zero-order chi connectivity index (χ0) is 10.5. The molecule has 0 saturated carbocycles. The Bertz CT molecular complexity index is 132. The predicted octanol–water partition coefficient (Wildman–Crippen LogP) is -1.58. The SMILES string of the molecule is CC(O)(CN)COCC(C)(O)CN. The van der Waals surface area contributed by atoms with Crippen molar-refractivity contribution >= 4 is 0 Å². The molecule has 0 aromatic rings. The summed E-state index contributed by atoms with van der Waals surface area (Å²) in [5.41, 5.74) is 8.47. The first kappa shape index (κ1) is 12.8. The number of hydrogen-bond acceptors (Lipinski definition) is 5. The summed E-state index contributed by atoms with van der Waals surface area (Å²) in [6, 6.07) is 0. The summed E-state index contributed by atoms with van der Waals surface area (Å²) < 4.78 is 5.08. The molecule has 0 fully saturated rings. The summed E-state index contributed by atoms with van der Waals surface area (Å²) >= 11 is 0. The summed E-state index contributed by atoms with van der Waals surface area (Å²) in [7, 11) is 0. The summed E-state index contributed by atoms with van der Waals surface area (Å²) in [5, 5.41) is 18.9. The zero-order valence-corrected chi connectivity index (χ0v) is 8.29. The van der Waals surface area contributed by atoms with Crippen molar-refractivity contribution in [3.05, 3.63) is 0 Å². The third kappa shape index (κ3) is 5.95. The van der Waals surface area contributed by atoms with Crippen molar-refractivity contribution in [3.8, 4) is 0 Å². The van der Waals surface area contributed by atoms with Crippen molar-refractivity contribution < 1.29 is 14.9 Å². The van der Waals surface area contributed by atoms with Crippen LogP contribution in [0.5, 0.6) is 0 Å². The summed E-state index contributed by atoms with van der Waals surface area (Å²) in [6.07, 6.45) is 0. The molecule has 2 unspecified atom stereocenters. The van der Waals surface area contributed by atoms with Gasteiger partial charge in [-0.05, 0) is 13.8 Å². The van der Waals surface area contributed by atoms with Crippen LogP contribution in [0, 0.1) is 0 Å². The highest BCUT2D eigenvalue weighted by atomic mass is 16.5. The quantitative estimate of drug-likeness (QED) is 0.407. The lowest BCUT2D eigenvalue weighted by molar-refractivity contribution is -0.0775. The molecule has 0 saturated heterocycles. The van der Waals surface area contributed by atoms with Crippen LogP contribution in [-0.4, -0.2) is 47.7 Å². The lowest BCUT2D eigenvalue weighted by Gasteiger charge is -2.25. The number of ether oxygens (including phenoxy) is 1. The highest BCUT2D eigenvalue weighted by Crippen LogP contribution is 2.05. The molecule has 0 rings (SSSR count). The normalized spacial score (nSPS) is 20.8. The van der Waals surface area contributed by atoms with Crippen LogP contribution in [0.15, 0.2) is 0 Å². The molecule has 5 heteroatoms. The van der Waals surface area contributed by atoms with E-state index in [0.717, 1.165) is 0 Å². The Balaban J connectivity index is 3.68. The fourth-order valence-corrected chi connectivity index (χ4v) is 0.609. The van der Waals surface area contributed by atoms with E-state index in [0.29, 0.717) is 0 Å². The van der Waals surface area contributed by atoms with Gasteiger partial charge < -0.3 is 26.4 Å². The Morgan fingerprint density at radius 2 is 1.31 bits per heavy atom. The molecule has 0 aliphatic heterocycles. The van der Waals surface area contributed by atoms with E-state index in [1.165, 1.54) is 0 Å². The molecule has 0 spiro atoms. The van der Waals surface area contributed by atoms with Crippen molar-refractivity contribution in [2.45, 2.75) is 25.0 Å². The van der Waals surface area contributed by atoms with Crippen LogP contribution >= 0.6 is 0 Å². The Morgan fingerprint density at radius 3 is 1.54 bits per heavy atom. The van der Waals surface area contributed by atoms with Crippen molar-refractivity contribution in [3.63, 3.8) is 0 Å². The van der Waals surface area contributed by atoms with Crippen LogP contribution < -0.4 is 11.5 Å². The van der Waals surface area contributed by atoms with Crippen LogP contribution in [0.25, 0.3) is 0 Å². The third-order valence-electron chi connectivity index (χ3n) is 1.71. The minimum absolute atomic E-state index is 0.0969. The van der Waals surface area contributed by atoms with E-state index in [1.807, 2.05) is 0 Å². The van der Waals surface area contributed by atoms with Crippen LogP contribution in [0.1, 0.15) is 13.8 Å². The highest BCUT2D eigenvalue weighted by molar-refractivity contribution is 4.76. The van der Waals surface area contributed by atoms with E-state index >= 15 is 0 Å². The number of hydrogen-bond donors (Lipinski definition) is 4. The second-order valence-electron chi connectivity index (χ2n) is 3.89. The Hall–Kier alpha value is -0.200. The lowest BCUT2D eigenvalue weighted by atomic mass is 10.1. The fourth-order valence-electron chi connectivity index (χ4n) is 0.609. The molecule has 0 aromatic heterocycles. The van der Waals surface area contributed by atoms with Crippen molar-refractivity contribution in [1.29, 1.82) is 0 Å². The van der Waals surface area contributed by atoms with Gasteiger partial charge in [0.1, 0.15) is 0 Å². The van der Waals surface area contributed by atoms with Gasteiger partial charge in [-0.25, -0.2) is 0 Å². The molecule has 0 aliphatic rings. The van der Waals surface area contributed by atoms with Gasteiger partial charge in [-0.15, -0.1) is 0 Å². The monoisotopic (exact) mass is 192 g/mol. The average molecular weight is 192 g/mol. The standard InChI is InChI=1S/C8H20N2O3/c1-7(11,3-9)5-13-6-8(2,12)4-10/h11-12H,3-6,9-10H2,1-2H3. The van der Waals surface area contributed by atoms with Gasteiger partial charge >= 0.3 is 0 Å². The van der Waals surface area contributed by atoms with Crippen molar-refractivity contribution in [2.24, 2.45) is 11.5 Å². The molecule has 6 N–H and O–H groups in total. The minimum Gasteiger partial charge on any atom is -0.386 e. The number of nitrogens with two attached hydrogens (primary N) is 2. The van der Waals surface area contributed by atoms with Gasteiger partial charge in [0.25, 0.3) is 0 Å². The van der Waals surface area contributed by atoms with Gasteiger partial charge in [-0.1, -0.05) is 0 Å². The van der Waals surface area contributed by atoms with E-state index in [2.05, 4.69) is 0 Å². The molecule has 80 valence electrons. The molecule has 0 radical (unpaired) electrons. The van der Waals surface area contributed by atoms with E-state index in [-0.39, 0.29) is 26.3 Å². The zero-order valence-electron chi connectivity index (χ0n) is 8.29. The molecule has 2 atom stereocenters. The van der Waals surface area contributed by atoms with E-state index in [9.17, 15) is 10.2 Å². The van der Waals surface area contributed by atoms with Gasteiger partial charge in [0, 0.05) is 13.1 Å². The lowest BCUT2D eigenvalue weighted by Crippen LogP contribution is -2.43. The second-order valence-corrected chi connectivity index (χ2v) is 3.89. The van der Waals surface area contributed by atoms with E-state index < -0.39 is 11.2 Å². The second kappa shape index (κ2) is 4.88. The van der Waals surface area contributed by atoms with E-state index in [4.69, 9.17) is 16.2 Å². The Labute approximate surface area is 78.7 Å². The maximum absolute atomic E-state index is 9.43. The van der Waals surface area contributed by atoms with Gasteiger partial charge in [0.05, 0.1) is 24.4 Å². The number of aliphatic hydroxyl groups is 2. The predicted molar refractivity (Wildman–Crippen MR) is 50.2 cm³/mol. The minimum atomic E-state index is -1.04. The molecule has 0 aromatic carbocycles. The highest BCUT2D eigenvalue weighted by Gasteiger charge is 2.22. The third-order valence-corrected chi connectivity index (χ3v) is 1.71.